The van der Waals surface area contributed by atoms with Gasteiger partial charge in [-0.25, -0.2) is 0 Å². The fourth-order valence-electron chi connectivity index (χ4n) is 3.14. The van der Waals surface area contributed by atoms with Crippen LogP contribution in [-0.4, -0.2) is 7.05 Å². The van der Waals surface area contributed by atoms with Crippen molar-refractivity contribution in [1.82, 2.24) is 5.32 Å². The Balaban J connectivity index is 1.81. The molecule has 3 aromatic carbocycles. The SMILES string of the molecule is CNCc1ccc(OCc2cccc(-c3ccccc3C)c2C)c(Cl)c1. The predicted molar refractivity (Wildman–Crippen MR) is 110 cm³/mol. The van der Waals surface area contributed by atoms with Crippen molar-refractivity contribution in [1.29, 1.82) is 0 Å². The van der Waals surface area contributed by atoms with Gasteiger partial charge in [0.2, 0.25) is 0 Å². The molecule has 0 radical (unpaired) electrons. The van der Waals surface area contributed by atoms with E-state index in [1.54, 1.807) is 0 Å². The van der Waals surface area contributed by atoms with E-state index >= 15 is 0 Å². The average Bonchev–Trinajstić information content (AvgIpc) is 2.63. The standard InChI is InChI=1S/C23H24ClNO/c1-16-7-4-5-9-20(16)21-10-6-8-19(17(21)2)15-26-23-12-11-18(14-25-3)13-22(23)24/h4-13,25H,14-15H2,1-3H3. The zero-order valence-electron chi connectivity index (χ0n) is 15.5. The average molecular weight is 366 g/mol. The van der Waals surface area contributed by atoms with E-state index in [1.165, 1.54) is 27.8 Å². The highest BCUT2D eigenvalue weighted by molar-refractivity contribution is 6.32. The van der Waals surface area contributed by atoms with Gasteiger partial charge in [0.25, 0.3) is 0 Å². The summed E-state index contributed by atoms with van der Waals surface area (Å²) in [4.78, 5) is 0. The Labute approximate surface area is 160 Å². The summed E-state index contributed by atoms with van der Waals surface area (Å²) in [6.07, 6.45) is 0. The first-order chi connectivity index (χ1) is 12.6. The van der Waals surface area contributed by atoms with E-state index < -0.39 is 0 Å². The van der Waals surface area contributed by atoms with Gasteiger partial charge in [-0.3, -0.25) is 0 Å². The number of nitrogens with one attached hydrogen (secondary N) is 1. The number of hydrogen-bond acceptors (Lipinski definition) is 2. The van der Waals surface area contributed by atoms with Crippen LogP contribution in [0.25, 0.3) is 11.1 Å². The molecule has 0 aliphatic rings. The molecule has 0 fully saturated rings. The molecule has 0 amide bonds. The second kappa shape index (κ2) is 8.39. The van der Waals surface area contributed by atoms with Crippen molar-refractivity contribution in [3.05, 3.63) is 87.9 Å². The van der Waals surface area contributed by atoms with Crippen LogP contribution >= 0.6 is 11.6 Å². The Bertz CT molecular complexity index is 904. The van der Waals surface area contributed by atoms with Crippen molar-refractivity contribution >= 4 is 11.6 Å². The number of halogens is 1. The summed E-state index contributed by atoms with van der Waals surface area (Å²) in [6.45, 7) is 5.58. The fourth-order valence-corrected chi connectivity index (χ4v) is 3.40. The molecule has 0 unspecified atom stereocenters. The molecule has 0 aromatic heterocycles. The molecule has 3 heteroatoms. The first-order valence-corrected chi connectivity index (χ1v) is 9.18. The van der Waals surface area contributed by atoms with Crippen LogP contribution in [0.4, 0.5) is 0 Å². The minimum absolute atomic E-state index is 0.497. The summed E-state index contributed by atoms with van der Waals surface area (Å²) >= 11 is 6.37. The second-order valence-corrected chi connectivity index (χ2v) is 6.90. The van der Waals surface area contributed by atoms with Crippen LogP contribution in [0.15, 0.2) is 60.7 Å². The lowest BCUT2D eigenvalue weighted by Crippen LogP contribution is -2.05. The van der Waals surface area contributed by atoms with Gasteiger partial charge < -0.3 is 10.1 Å². The van der Waals surface area contributed by atoms with E-state index in [4.69, 9.17) is 16.3 Å². The minimum atomic E-state index is 0.497. The van der Waals surface area contributed by atoms with Gasteiger partial charge in [-0.1, -0.05) is 60.1 Å². The van der Waals surface area contributed by atoms with Gasteiger partial charge in [0, 0.05) is 6.54 Å². The molecule has 26 heavy (non-hydrogen) atoms. The molecule has 1 N–H and O–H groups in total. The van der Waals surface area contributed by atoms with Crippen molar-refractivity contribution in [2.45, 2.75) is 27.0 Å². The summed E-state index contributed by atoms with van der Waals surface area (Å²) in [5.74, 6) is 0.715. The third kappa shape index (κ3) is 4.09. The Morgan fingerprint density at radius 3 is 2.42 bits per heavy atom. The van der Waals surface area contributed by atoms with Crippen LogP contribution < -0.4 is 10.1 Å². The first-order valence-electron chi connectivity index (χ1n) is 8.80. The zero-order chi connectivity index (χ0) is 18.5. The van der Waals surface area contributed by atoms with Crippen molar-refractivity contribution in [2.24, 2.45) is 0 Å². The molecule has 0 aliphatic carbocycles. The molecule has 0 atom stereocenters. The van der Waals surface area contributed by atoms with Crippen LogP contribution in [0, 0.1) is 13.8 Å². The van der Waals surface area contributed by atoms with Crippen molar-refractivity contribution in [3.8, 4) is 16.9 Å². The lowest BCUT2D eigenvalue weighted by Gasteiger charge is -2.15. The normalized spacial score (nSPS) is 10.8. The molecule has 0 saturated carbocycles. The topological polar surface area (TPSA) is 21.3 Å². The van der Waals surface area contributed by atoms with Crippen LogP contribution in [-0.2, 0) is 13.2 Å². The maximum atomic E-state index is 6.37. The van der Waals surface area contributed by atoms with E-state index in [-0.39, 0.29) is 0 Å². The van der Waals surface area contributed by atoms with E-state index in [0.717, 1.165) is 12.1 Å². The number of rotatable bonds is 6. The van der Waals surface area contributed by atoms with E-state index in [1.807, 2.05) is 25.2 Å². The molecule has 0 spiro atoms. The van der Waals surface area contributed by atoms with Crippen LogP contribution in [0.3, 0.4) is 0 Å². The highest BCUT2D eigenvalue weighted by Crippen LogP contribution is 2.30. The Morgan fingerprint density at radius 2 is 1.69 bits per heavy atom. The maximum Gasteiger partial charge on any atom is 0.138 e. The van der Waals surface area contributed by atoms with Gasteiger partial charge in [-0.05, 0) is 66.4 Å². The molecule has 0 bridgehead atoms. The molecule has 0 aliphatic heterocycles. The summed E-state index contributed by atoms with van der Waals surface area (Å²) in [5.41, 5.74) is 7.34. The second-order valence-electron chi connectivity index (χ2n) is 6.49. The Morgan fingerprint density at radius 1 is 0.923 bits per heavy atom. The highest BCUT2D eigenvalue weighted by atomic mass is 35.5. The minimum Gasteiger partial charge on any atom is -0.487 e. The summed E-state index contributed by atoms with van der Waals surface area (Å²) in [7, 11) is 1.92. The first kappa shape index (κ1) is 18.5. The monoisotopic (exact) mass is 365 g/mol. The number of hydrogen-bond donors (Lipinski definition) is 1. The highest BCUT2D eigenvalue weighted by Gasteiger charge is 2.10. The van der Waals surface area contributed by atoms with Gasteiger partial charge in [0.15, 0.2) is 0 Å². The van der Waals surface area contributed by atoms with E-state index in [0.29, 0.717) is 17.4 Å². The molecule has 0 saturated heterocycles. The number of ether oxygens (including phenoxy) is 1. The van der Waals surface area contributed by atoms with E-state index in [2.05, 4.69) is 61.6 Å². The molecule has 3 rings (SSSR count). The molecule has 0 heterocycles. The van der Waals surface area contributed by atoms with Crippen molar-refractivity contribution in [2.75, 3.05) is 7.05 Å². The zero-order valence-corrected chi connectivity index (χ0v) is 16.2. The molecule has 3 aromatic rings. The number of aryl methyl sites for hydroxylation is 1. The Kier molecular flexibility index (Phi) is 5.97. The van der Waals surface area contributed by atoms with Crippen LogP contribution in [0.5, 0.6) is 5.75 Å². The quantitative estimate of drug-likeness (QED) is 0.585. The predicted octanol–water partition coefficient (Wildman–Crippen LogP) is 5.92. The molecule has 2 nitrogen and oxygen atoms in total. The van der Waals surface area contributed by atoms with Gasteiger partial charge in [0.05, 0.1) is 5.02 Å². The van der Waals surface area contributed by atoms with Gasteiger partial charge in [-0.2, -0.15) is 0 Å². The van der Waals surface area contributed by atoms with E-state index in [9.17, 15) is 0 Å². The van der Waals surface area contributed by atoms with Gasteiger partial charge >= 0.3 is 0 Å². The van der Waals surface area contributed by atoms with Gasteiger partial charge in [0.1, 0.15) is 12.4 Å². The third-order valence-corrected chi connectivity index (χ3v) is 4.94. The Hall–Kier alpha value is -2.29. The van der Waals surface area contributed by atoms with Crippen LogP contribution in [0.1, 0.15) is 22.3 Å². The van der Waals surface area contributed by atoms with Gasteiger partial charge in [-0.15, -0.1) is 0 Å². The van der Waals surface area contributed by atoms with Crippen molar-refractivity contribution < 1.29 is 4.74 Å². The fraction of sp³-hybridized carbons (Fsp3) is 0.217. The molecular weight excluding hydrogens is 342 g/mol. The molecule has 134 valence electrons. The summed E-state index contributed by atoms with van der Waals surface area (Å²) in [5, 5.41) is 3.77. The summed E-state index contributed by atoms with van der Waals surface area (Å²) in [6, 6.07) is 20.8. The third-order valence-electron chi connectivity index (χ3n) is 4.64. The maximum absolute atomic E-state index is 6.37. The summed E-state index contributed by atoms with van der Waals surface area (Å²) < 4.78 is 6.01. The van der Waals surface area contributed by atoms with Crippen LogP contribution in [0.2, 0.25) is 5.02 Å². The van der Waals surface area contributed by atoms with Crippen molar-refractivity contribution in [3.63, 3.8) is 0 Å². The molecular formula is C23H24ClNO. The lowest BCUT2D eigenvalue weighted by molar-refractivity contribution is 0.305. The lowest BCUT2D eigenvalue weighted by atomic mass is 9.94. The number of benzene rings is 3. The smallest absolute Gasteiger partial charge is 0.138 e. The largest absolute Gasteiger partial charge is 0.487 e.